The minimum absolute atomic E-state index is 0.128. The predicted octanol–water partition coefficient (Wildman–Crippen LogP) is 6.82. The van der Waals surface area contributed by atoms with E-state index < -0.39 is 23.5 Å². The summed E-state index contributed by atoms with van der Waals surface area (Å²) in [6.07, 6.45) is -4.39. The van der Waals surface area contributed by atoms with Crippen molar-refractivity contribution in [2.75, 3.05) is 13.1 Å². The van der Waals surface area contributed by atoms with E-state index in [9.17, 15) is 31.1 Å². The number of benzene rings is 2. The molecule has 2 aromatic carbocycles. The van der Waals surface area contributed by atoms with Crippen LogP contribution in [-0.2, 0) is 18.9 Å². The van der Waals surface area contributed by atoms with Crippen LogP contribution >= 0.6 is 11.8 Å². The van der Waals surface area contributed by atoms with Crippen LogP contribution in [0.4, 0.5) is 31.1 Å². The van der Waals surface area contributed by atoms with E-state index >= 15 is 0 Å². The highest BCUT2D eigenvalue weighted by Crippen LogP contribution is 2.38. The second kappa shape index (κ2) is 8.99. The average Bonchev–Trinajstić information content (AvgIpc) is 3.52. The highest BCUT2D eigenvalue weighted by Gasteiger charge is 2.38. The molecule has 3 aromatic rings. The molecule has 2 aliphatic rings. The zero-order valence-electron chi connectivity index (χ0n) is 18.5. The number of fused-ring (bicyclic) bond motifs is 1. The number of nitrogens with zero attached hydrogens (tertiary/aromatic N) is 4. The second-order valence-electron chi connectivity index (χ2n) is 8.52. The third-order valence-corrected chi connectivity index (χ3v) is 6.76. The standard InChI is InChI=1S/C24H18F6N4OS/c25-23(26,27)17-5-4-15(18(11-17)24(28,29)30)12-34-13-16-9-14(3-6-19(16)32-34)10-20-21(31-22(35)36-20)33-7-1-2-8-33/h3-6,9-11,13H,1-2,7-8,12H2/b20-10-. The summed E-state index contributed by atoms with van der Waals surface area (Å²) in [4.78, 5) is 18.9. The van der Waals surface area contributed by atoms with Crippen LogP contribution in [0, 0.1) is 0 Å². The molecule has 1 amide bonds. The van der Waals surface area contributed by atoms with Gasteiger partial charge in [-0.25, -0.2) is 0 Å². The summed E-state index contributed by atoms with van der Waals surface area (Å²) in [5, 5.41) is 4.63. The maximum Gasteiger partial charge on any atom is 0.416 e. The molecular weight excluding hydrogens is 506 g/mol. The number of aliphatic imine (C=N–C) groups is 1. The van der Waals surface area contributed by atoms with Gasteiger partial charge in [-0.3, -0.25) is 9.48 Å². The van der Waals surface area contributed by atoms with Crippen LogP contribution in [0.1, 0.15) is 35.1 Å². The number of halogens is 6. The first-order valence-corrected chi connectivity index (χ1v) is 11.8. The second-order valence-corrected chi connectivity index (χ2v) is 9.51. The van der Waals surface area contributed by atoms with Crippen LogP contribution in [0.2, 0.25) is 0 Å². The number of carbonyl (C=O) groups is 1. The fraction of sp³-hybridized carbons (Fsp3) is 0.292. The molecule has 0 unspecified atom stereocenters. The van der Waals surface area contributed by atoms with Gasteiger partial charge in [-0.05, 0) is 66.1 Å². The summed E-state index contributed by atoms with van der Waals surface area (Å²) in [5.41, 5.74) is -1.75. The van der Waals surface area contributed by atoms with Crippen LogP contribution in [-0.4, -0.2) is 38.8 Å². The maximum absolute atomic E-state index is 13.5. The predicted molar refractivity (Wildman–Crippen MR) is 124 cm³/mol. The molecule has 1 aromatic heterocycles. The fourth-order valence-corrected chi connectivity index (χ4v) is 5.08. The molecule has 0 radical (unpaired) electrons. The van der Waals surface area contributed by atoms with Gasteiger partial charge >= 0.3 is 17.6 Å². The zero-order chi connectivity index (χ0) is 25.7. The van der Waals surface area contributed by atoms with E-state index in [1.165, 1.54) is 10.9 Å². The molecule has 0 atom stereocenters. The molecule has 0 aliphatic carbocycles. The molecule has 12 heteroatoms. The first kappa shape index (κ1) is 24.4. The van der Waals surface area contributed by atoms with Crippen molar-refractivity contribution >= 4 is 39.8 Å². The van der Waals surface area contributed by atoms with Crippen molar-refractivity contribution in [3.8, 4) is 0 Å². The largest absolute Gasteiger partial charge is 0.416 e. The minimum atomic E-state index is -4.95. The Morgan fingerprint density at radius 2 is 1.72 bits per heavy atom. The Morgan fingerprint density at radius 1 is 0.972 bits per heavy atom. The first-order chi connectivity index (χ1) is 17.0. The van der Waals surface area contributed by atoms with Gasteiger partial charge in [0.1, 0.15) is 5.84 Å². The van der Waals surface area contributed by atoms with Crippen molar-refractivity contribution in [1.82, 2.24) is 14.7 Å². The molecular formula is C24H18F6N4OS. The lowest BCUT2D eigenvalue weighted by Gasteiger charge is -2.17. The van der Waals surface area contributed by atoms with Gasteiger partial charge in [0.05, 0.1) is 28.1 Å². The van der Waals surface area contributed by atoms with Gasteiger partial charge in [0.25, 0.3) is 0 Å². The van der Waals surface area contributed by atoms with Crippen LogP contribution in [0.3, 0.4) is 0 Å². The average molecular weight is 524 g/mol. The number of hydrogen-bond acceptors (Lipinski definition) is 4. The molecule has 3 heterocycles. The van der Waals surface area contributed by atoms with Crippen LogP contribution in [0.5, 0.6) is 0 Å². The number of thioether (sulfide) groups is 1. The van der Waals surface area contributed by atoms with Gasteiger partial charge < -0.3 is 4.90 Å². The highest BCUT2D eigenvalue weighted by atomic mass is 32.2. The summed E-state index contributed by atoms with van der Waals surface area (Å²) in [5.74, 6) is 0.653. The van der Waals surface area contributed by atoms with E-state index in [2.05, 4.69) is 15.0 Å². The normalized spacial score (nSPS) is 18.1. The quantitative estimate of drug-likeness (QED) is 0.353. The number of aromatic nitrogens is 2. The zero-order valence-corrected chi connectivity index (χ0v) is 19.3. The summed E-state index contributed by atoms with van der Waals surface area (Å²) in [6.45, 7) is 1.31. The Balaban J connectivity index is 1.43. The Hall–Kier alpha value is -3.28. The van der Waals surface area contributed by atoms with Gasteiger partial charge in [0, 0.05) is 24.7 Å². The summed E-state index contributed by atoms with van der Waals surface area (Å²) < 4.78 is 80.6. The minimum Gasteiger partial charge on any atom is -0.356 e. The fourth-order valence-electron chi connectivity index (χ4n) is 4.30. The third-order valence-electron chi connectivity index (χ3n) is 5.97. The SMILES string of the molecule is O=C1N=C(N2CCCC2)/C(=C/c2ccc3nn(Cc4ccc(C(F)(F)F)cc4C(F)(F)F)cc3c2)S1. The van der Waals surface area contributed by atoms with E-state index in [1.807, 2.05) is 6.08 Å². The van der Waals surface area contributed by atoms with Crippen molar-refractivity contribution in [2.24, 2.45) is 4.99 Å². The van der Waals surface area contributed by atoms with E-state index in [-0.39, 0.29) is 23.4 Å². The topological polar surface area (TPSA) is 50.5 Å². The number of alkyl halides is 6. The van der Waals surface area contributed by atoms with Crippen molar-refractivity contribution in [3.63, 3.8) is 0 Å². The third kappa shape index (κ3) is 4.99. The smallest absolute Gasteiger partial charge is 0.356 e. The molecule has 36 heavy (non-hydrogen) atoms. The van der Waals surface area contributed by atoms with Gasteiger partial charge in [-0.2, -0.15) is 36.4 Å². The van der Waals surface area contributed by atoms with Gasteiger partial charge in [0.2, 0.25) is 0 Å². The molecule has 188 valence electrons. The number of amidine groups is 1. The van der Waals surface area contributed by atoms with E-state index in [0.29, 0.717) is 22.8 Å². The Kier molecular flexibility index (Phi) is 6.09. The monoisotopic (exact) mass is 524 g/mol. The maximum atomic E-state index is 13.5. The first-order valence-electron chi connectivity index (χ1n) is 11.0. The number of rotatable bonds is 3. The summed E-state index contributed by atoms with van der Waals surface area (Å²) in [6, 6.07) is 6.86. The van der Waals surface area contributed by atoms with Crippen LogP contribution in [0.15, 0.2) is 52.5 Å². The van der Waals surface area contributed by atoms with Gasteiger partial charge in [-0.1, -0.05) is 12.1 Å². The molecule has 1 fully saturated rings. The molecule has 5 nitrogen and oxygen atoms in total. The Bertz CT molecular complexity index is 1400. The molecule has 2 aliphatic heterocycles. The van der Waals surface area contributed by atoms with Crippen molar-refractivity contribution in [3.05, 3.63) is 69.8 Å². The number of likely N-dealkylation sites (tertiary alicyclic amines) is 1. The number of hydrogen-bond donors (Lipinski definition) is 0. The molecule has 0 N–H and O–H groups in total. The van der Waals surface area contributed by atoms with E-state index in [1.54, 1.807) is 18.2 Å². The highest BCUT2D eigenvalue weighted by molar-refractivity contribution is 8.18. The Morgan fingerprint density at radius 3 is 2.42 bits per heavy atom. The van der Waals surface area contributed by atoms with Gasteiger partial charge in [0.15, 0.2) is 0 Å². The number of amides is 1. The summed E-state index contributed by atoms with van der Waals surface area (Å²) in [7, 11) is 0. The van der Waals surface area contributed by atoms with Crippen molar-refractivity contribution < 1.29 is 31.1 Å². The van der Waals surface area contributed by atoms with Crippen molar-refractivity contribution in [2.45, 2.75) is 31.7 Å². The number of carbonyl (C=O) groups excluding carboxylic acids is 1. The lowest BCUT2D eigenvalue weighted by Crippen LogP contribution is -2.26. The molecule has 0 saturated carbocycles. The van der Waals surface area contributed by atoms with E-state index in [0.717, 1.165) is 54.2 Å². The van der Waals surface area contributed by atoms with Crippen molar-refractivity contribution in [1.29, 1.82) is 0 Å². The van der Waals surface area contributed by atoms with E-state index in [4.69, 9.17) is 0 Å². The molecule has 0 spiro atoms. The molecule has 5 rings (SSSR count). The van der Waals surface area contributed by atoms with Crippen LogP contribution < -0.4 is 0 Å². The lowest BCUT2D eigenvalue weighted by molar-refractivity contribution is -0.143. The van der Waals surface area contributed by atoms with Gasteiger partial charge in [-0.15, -0.1) is 0 Å². The molecule has 1 saturated heterocycles. The molecule has 0 bridgehead atoms. The van der Waals surface area contributed by atoms with Crippen LogP contribution in [0.25, 0.3) is 17.0 Å². The summed E-state index contributed by atoms with van der Waals surface area (Å²) >= 11 is 1.04. The Labute approximate surface area is 205 Å². The lowest BCUT2D eigenvalue weighted by atomic mass is 10.0.